The van der Waals surface area contributed by atoms with E-state index < -0.39 is 0 Å². The van der Waals surface area contributed by atoms with E-state index in [9.17, 15) is 4.79 Å². The summed E-state index contributed by atoms with van der Waals surface area (Å²) in [6, 6.07) is 8.34. The maximum atomic E-state index is 12.0. The van der Waals surface area contributed by atoms with E-state index in [0.29, 0.717) is 12.5 Å². The van der Waals surface area contributed by atoms with E-state index in [1.165, 1.54) is 37.9 Å². The predicted molar refractivity (Wildman–Crippen MR) is 89.2 cm³/mol. The van der Waals surface area contributed by atoms with E-state index in [-0.39, 0.29) is 5.91 Å². The van der Waals surface area contributed by atoms with Gasteiger partial charge in [-0.3, -0.25) is 9.69 Å². The van der Waals surface area contributed by atoms with Crippen molar-refractivity contribution in [2.24, 2.45) is 0 Å². The van der Waals surface area contributed by atoms with E-state index >= 15 is 0 Å². The molecular formula is C18H28N2O2. The molecule has 1 N–H and O–H groups in total. The van der Waals surface area contributed by atoms with Crippen LogP contribution >= 0.6 is 0 Å². The van der Waals surface area contributed by atoms with Crippen molar-refractivity contribution >= 4 is 5.91 Å². The highest BCUT2D eigenvalue weighted by Gasteiger charge is 2.16. The van der Waals surface area contributed by atoms with Crippen molar-refractivity contribution in [3.8, 4) is 5.75 Å². The summed E-state index contributed by atoms with van der Waals surface area (Å²) in [6.07, 6.45) is 5.23. The topological polar surface area (TPSA) is 41.6 Å². The van der Waals surface area contributed by atoms with Gasteiger partial charge in [0, 0.05) is 19.0 Å². The third-order valence-electron chi connectivity index (χ3n) is 4.41. The zero-order valence-electron chi connectivity index (χ0n) is 13.8. The molecule has 1 unspecified atom stereocenters. The van der Waals surface area contributed by atoms with Gasteiger partial charge in [-0.2, -0.15) is 0 Å². The number of nitrogens with zero attached hydrogens (tertiary/aromatic N) is 1. The zero-order chi connectivity index (χ0) is 15.8. The lowest BCUT2D eigenvalue weighted by Crippen LogP contribution is -2.44. The number of likely N-dealkylation sites (tertiary alicyclic amines) is 1. The van der Waals surface area contributed by atoms with Crippen molar-refractivity contribution in [2.75, 3.05) is 26.7 Å². The number of hydrogen-bond donors (Lipinski definition) is 1. The molecule has 0 aromatic heterocycles. The molecule has 1 amide bonds. The van der Waals surface area contributed by atoms with Crippen LogP contribution in [0.2, 0.25) is 0 Å². The van der Waals surface area contributed by atoms with Crippen molar-refractivity contribution in [3.63, 3.8) is 0 Å². The van der Waals surface area contributed by atoms with Gasteiger partial charge in [0.2, 0.25) is 5.91 Å². The molecule has 0 aliphatic carbocycles. The number of aryl methyl sites for hydroxylation is 1. The van der Waals surface area contributed by atoms with Crippen LogP contribution < -0.4 is 10.1 Å². The van der Waals surface area contributed by atoms with Crippen LogP contribution in [0.1, 0.15) is 38.2 Å². The Labute approximate surface area is 133 Å². The van der Waals surface area contributed by atoms with Crippen LogP contribution in [0.4, 0.5) is 0 Å². The monoisotopic (exact) mass is 304 g/mol. The molecule has 4 heteroatoms. The number of nitrogens with one attached hydrogen (secondary N) is 1. The summed E-state index contributed by atoms with van der Waals surface area (Å²) < 4.78 is 5.13. The van der Waals surface area contributed by atoms with E-state index in [1.807, 2.05) is 24.3 Å². The van der Waals surface area contributed by atoms with Crippen molar-refractivity contribution < 1.29 is 9.53 Å². The molecule has 0 radical (unpaired) electrons. The van der Waals surface area contributed by atoms with Gasteiger partial charge in [-0.15, -0.1) is 0 Å². The first-order valence-electron chi connectivity index (χ1n) is 8.32. The summed E-state index contributed by atoms with van der Waals surface area (Å²) in [4.78, 5) is 14.5. The zero-order valence-corrected chi connectivity index (χ0v) is 13.8. The van der Waals surface area contributed by atoms with Crippen LogP contribution in [0.5, 0.6) is 5.75 Å². The molecule has 1 fully saturated rings. The second-order valence-corrected chi connectivity index (χ2v) is 6.10. The van der Waals surface area contributed by atoms with Crippen LogP contribution in [0, 0.1) is 0 Å². The first-order valence-corrected chi connectivity index (χ1v) is 8.32. The van der Waals surface area contributed by atoms with E-state index in [0.717, 1.165) is 18.7 Å². The second kappa shape index (κ2) is 8.79. The molecule has 0 spiro atoms. The minimum absolute atomic E-state index is 0.139. The molecule has 1 atom stereocenters. The van der Waals surface area contributed by atoms with Gasteiger partial charge in [0.25, 0.3) is 0 Å². The summed E-state index contributed by atoms with van der Waals surface area (Å²) in [5, 5.41) is 3.07. The molecule has 122 valence electrons. The van der Waals surface area contributed by atoms with Gasteiger partial charge in [0.05, 0.1) is 7.11 Å². The maximum Gasteiger partial charge on any atom is 0.220 e. The second-order valence-electron chi connectivity index (χ2n) is 6.10. The van der Waals surface area contributed by atoms with Crippen LogP contribution in [-0.4, -0.2) is 43.6 Å². The maximum absolute atomic E-state index is 12.0. The Hall–Kier alpha value is -1.55. The standard InChI is InChI=1S/C18H28N2O2/c1-15(20-12-4-3-5-13-20)14-19-18(21)11-8-16-6-9-17(22-2)10-7-16/h6-7,9-10,15H,3-5,8,11-14H2,1-2H3,(H,19,21). The fourth-order valence-corrected chi connectivity index (χ4v) is 2.89. The van der Waals surface area contributed by atoms with Gasteiger partial charge in [0.1, 0.15) is 5.75 Å². The van der Waals surface area contributed by atoms with Gasteiger partial charge in [-0.25, -0.2) is 0 Å². The van der Waals surface area contributed by atoms with Crippen molar-refractivity contribution in [2.45, 2.75) is 45.1 Å². The normalized spacial score (nSPS) is 17.0. The Morgan fingerprint density at radius 1 is 1.23 bits per heavy atom. The smallest absolute Gasteiger partial charge is 0.220 e. The number of amides is 1. The van der Waals surface area contributed by atoms with Crippen molar-refractivity contribution in [1.29, 1.82) is 0 Å². The minimum atomic E-state index is 0.139. The SMILES string of the molecule is COc1ccc(CCC(=O)NCC(C)N2CCCCC2)cc1. The van der Waals surface area contributed by atoms with E-state index in [4.69, 9.17) is 4.74 Å². The fourth-order valence-electron chi connectivity index (χ4n) is 2.89. The molecule has 1 aliphatic rings. The number of carbonyl (C=O) groups excluding carboxylic acids is 1. The van der Waals surface area contributed by atoms with Crippen LogP contribution in [0.3, 0.4) is 0 Å². The largest absolute Gasteiger partial charge is 0.497 e. The van der Waals surface area contributed by atoms with Crippen LogP contribution in [-0.2, 0) is 11.2 Å². The quantitative estimate of drug-likeness (QED) is 0.842. The number of hydrogen-bond acceptors (Lipinski definition) is 3. The summed E-state index contributed by atoms with van der Waals surface area (Å²) >= 11 is 0. The Morgan fingerprint density at radius 2 is 1.91 bits per heavy atom. The number of piperidine rings is 1. The van der Waals surface area contributed by atoms with Crippen molar-refractivity contribution in [3.05, 3.63) is 29.8 Å². The number of rotatable bonds is 7. The highest BCUT2D eigenvalue weighted by Crippen LogP contribution is 2.13. The molecule has 1 aromatic carbocycles. The average molecular weight is 304 g/mol. The number of carbonyl (C=O) groups is 1. The van der Waals surface area contributed by atoms with Crippen molar-refractivity contribution in [1.82, 2.24) is 10.2 Å². The van der Waals surface area contributed by atoms with Gasteiger partial charge < -0.3 is 10.1 Å². The summed E-state index contributed by atoms with van der Waals surface area (Å²) in [5.74, 6) is 0.989. The van der Waals surface area contributed by atoms with Gasteiger partial charge >= 0.3 is 0 Å². The Balaban J connectivity index is 1.66. The predicted octanol–water partition coefficient (Wildman–Crippen LogP) is 2.62. The lowest BCUT2D eigenvalue weighted by atomic mass is 10.1. The molecule has 1 heterocycles. The van der Waals surface area contributed by atoms with Gasteiger partial charge in [-0.05, 0) is 57.0 Å². The van der Waals surface area contributed by atoms with E-state index in [1.54, 1.807) is 7.11 Å². The van der Waals surface area contributed by atoms with Gasteiger partial charge in [-0.1, -0.05) is 18.6 Å². The molecule has 0 bridgehead atoms. The molecule has 1 aliphatic heterocycles. The van der Waals surface area contributed by atoms with Gasteiger partial charge in [0.15, 0.2) is 0 Å². The lowest BCUT2D eigenvalue weighted by molar-refractivity contribution is -0.121. The molecule has 0 saturated carbocycles. The molecular weight excluding hydrogens is 276 g/mol. The molecule has 1 saturated heterocycles. The Morgan fingerprint density at radius 3 is 2.55 bits per heavy atom. The third kappa shape index (κ3) is 5.34. The first kappa shape index (κ1) is 16.8. The van der Waals surface area contributed by atoms with E-state index in [2.05, 4.69) is 17.1 Å². The fraction of sp³-hybridized carbons (Fsp3) is 0.611. The summed E-state index contributed by atoms with van der Waals surface area (Å²) in [6.45, 7) is 5.29. The number of benzene rings is 1. The Kier molecular flexibility index (Phi) is 6.72. The average Bonchev–Trinajstić information content (AvgIpc) is 2.59. The Bertz CT molecular complexity index is 453. The summed E-state index contributed by atoms with van der Waals surface area (Å²) in [5.41, 5.74) is 1.17. The number of methoxy groups -OCH3 is 1. The lowest BCUT2D eigenvalue weighted by Gasteiger charge is -2.32. The third-order valence-corrected chi connectivity index (χ3v) is 4.41. The molecule has 2 rings (SSSR count). The molecule has 1 aromatic rings. The minimum Gasteiger partial charge on any atom is -0.497 e. The number of ether oxygens (including phenoxy) is 1. The first-order chi connectivity index (χ1) is 10.7. The van der Waals surface area contributed by atoms with Crippen LogP contribution in [0.25, 0.3) is 0 Å². The highest BCUT2D eigenvalue weighted by atomic mass is 16.5. The highest BCUT2D eigenvalue weighted by molar-refractivity contribution is 5.76. The summed E-state index contributed by atoms with van der Waals surface area (Å²) in [7, 11) is 1.66. The molecule has 22 heavy (non-hydrogen) atoms. The van der Waals surface area contributed by atoms with Crippen LogP contribution in [0.15, 0.2) is 24.3 Å². The molecule has 4 nitrogen and oxygen atoms in total.